The standard InChI is InChI=1S/C17H15Cl2NO4.C2H6.CHF3S/c1-24-17(23)14(9-10-5-7-11(21)8-6-10)20-16(22)15-12(18)3-2-4-13(15)19;1-2;2-1(3,4)5/h2-8,14,21H,9H2,1H3,(H,20,22);1-2H3;5H. The summed E-state index contributed by atoms with van der Waals surface area (Å²) < 4.78 is 35.4. The van der Waals surface area contributed by atoms with Crippen LogP contribution in [0.4, 0.5) is 13.2 Å². The number of carbonyl (C=O) groups is 2. The van der Waals surface area contributed by atoms with Crippen molar-refractivity contribution < 1.29 is 32.6 Å². The summed E-state index contributed by atoms with van der Waals surface area (Å²) >= 11 is 14.1. The van der Waals surface area contributed by atoms with E-state index < -0.39 is 23.4 Å². The minimum atomic E-state index is -4.31. The lowest BCUT2D eigenvalue weighted by Crippen LogP contribution is -2.43. The number of thiol groups is 1. The summed E-state index contributed by atoms with van der Waals surface area (Å²) in [7, 11) is 1.24. The Labute approximate surface area is 193 Å². The Balaban J connectivity index is 0.00000113. The molecule has 31 heavy (non-hydrogen) atoms. The molecule has 2 N–H and O–H groups in total. The Bertz CT molecular complexity index is 823. The average Bonchev–Trinajstić information content (AvgIpc) is 2.68. The zero-order chi connectivity index (χ0) is 24.2. The van der Waals surface area contributed by atoms with Crippen LogP contribution in [0.5, 0.6) is 5.75 Å². The van der Waals surface area contributed by atoms with Crippen LogP contribution in [-0.4, -0.2) is 35.6 Å². The van der Waals surface area contributed by atoms with E-state index in [1.807, 2.05) is 13.8 Å². The number of ether oxygens (including phenoxy) is 1. The lowest BCUT2D eigenvalue weighted by Gasteiger charge is -2.17. The van der Waals surface area contributed by atoms with Crippen LogP contribution in [0, 0.1) is 0 Å². The molecule has 0 radical (unpaired) electrons. The number of rotatable bonds is 5. The van der Waals surface area contributed by atoms with Gasteiger partial charge in [0.25, 0.3) is 5.91 Å². The van der Waals surface area contributed by atoms with Crippen molar-refractivity contribution in [1.29, 1.82) is 0 Å². The van der Waals surface area contributed by atoms with E-state index in [1.165, 1.54) is 31.4 Å². The molecule has 2 rings (SSSR count). The van der Waals surface area contributed by atoms with Crippen molar-refractivity contribution in [2.24, 2.45) is 0 Å². The van der Waals surface area contributed by atoms with Crippen LogP contribution in [0.25, 0.3) is 0 Å². The number of phenols is 1. The van der Waals surface area contributed by atoms with Crippen molar-refractivity contribution in [2.45, 2.75) is 31.8 Å². The van der Waals surface area contributed by atoms with E-state index in [-0.39, 0.29) is 27.8 Å². The molecular weight excluding hydrogens is 478 g/mol. The summed E-state index contributed by atoms with van der Waals surface area (Å²) in [4.78, 5) is 24.4. The Kier molecular flexibility index (Phi) is 13.1. The van der Waals surface area contributed by atoms with Gasteiger partial charge in [-0.05, 0) is 29.8 Å². The number of aromatic hydroxyl groups is 1. The largest absolute Gasteiger partial charge is 0.508 e. The van der Waals surface area contributed by atoms with Gasteiger partial charge in [0.15, 0.2) is 0 Å². The molecular formula is C20H22Cl2F3NO4S. The highest BCUT2D eigenvalue weighted by atomic mass is 35.5. The molecule has 1 unspecified atom stereocenters. The molecule has 0 bridgehead atoms. The molecule has 172 valence electrons. The predicted octanol–water partition coefficient (Wildman–Crippen LogP) is 5.68. The third kappa shape index (κ3) is 11.8. The number of amides is 1. The summed E-state index contributed by atoms with van der Waals surface area (Å²) in [6, 6.07) is 10.1. The quantitative estimate of drug-likeness (QED) is 0.365. The van der Waals surface area contributed by atoms with E-state index in [1.54, 1.807) is 18.2 Å². The first-order chi connectivity index (χ1) is 14.4. The molecule has 5 nitrogen and oxygen atoms in total. The number of halogens is 5. The lowest BCUT2D eigenvalue weighted by molar-refractivity contribution is -0.142. The van der Waals surface area contributed by atoms with Gasteiger partial charge in [0.05, 0.1) is 22.7 Å². The molecule has 11 heteroatoms. The maximum atomic E-state index is 12.4. The maximum absolute atomic E-state index is 12.4. The second-order valence-corrected chi connectivity index (χ2v) is 6.81. The fraction of sp³-hybridized carbons (Fsp3) is 0.300. The van der Waals surface area contributed by atoms with Crippen LogP contribution < -0.4 is 5.32 Å². The number of alkyl halides is 3. The number of esters is 1. The summed E-state index contributed by atoms with van der Waals surface area (Å²) in [5, 5.41) is 12.3. The Morgan fingerprint density at radius 2 is 1.55 bits per heavy atom. The molecule has 1 atom stereocenters. The fourth-order valence-corrected chi connectivity index (χ4v) is 2.72. The molecule has 2 aromatic carbocycles. The number of hydrogen-bond donors (Lipinski definition) is 3. The van der Waals surface area contributed by atoms with Crippen molar-refractivity contribution in [3.8, 4) is 5.75 Å². The summed E-state index contributed by atoms with van der Waals surface area (Å²) in [5.74, 6) is -1.06. The van der Waals surface area contributed by atoms with E-state index in [0.717, 1.165) is 5.56 Å². The van der Waals surface area contributed by atoms with Crippen LogP contribution in [0.3, 0.4) is 0 Å². The van der Waals surface area contributed by atoms with Crippen LogP contribution in [0.1, 0.15) is 29.8 Å². The second-order valence-electron chi connectivity index (χ2n) is 5.48. The molecule has 1 amide bonds. The van der Waals surface area contributed by atoms with E-state index in [2.05, 4.69) is 17.9 Å². The average molecular weight is 500 g/mol. The number of carbonyl (C=O) groups excluding carboxylic acids is 2. The smallest absolute Gasteiger partial charge is 0.438 e. The first-order valence-electron chi connectivity index (χ1n) is 8.82. The molecule has 0 saturated carbocycles. The number of nitrogens with one attached hydrogen (secondary N) is 1. The molecule has 0 spiro atoms. The summed E-state index contributed by atoms with van der Waals surface area (Å²) in [5.41, 5.74) is -3.46. The number of methoxy groups -OCH3 is 1. The van der Waals surface area contributed by atoms with E-state index in [9.17, 15) is 27.9 Å². The Hall–Kier alpha value is -2.10. The van der Waals surface area contributed by atoms with Crippen LogP contribution in [0.15, 0.2) is 42.5 Å². The van der Waals surface area contributed by atoms with Gasteiger partial charge in [-0.25, -0.2) is 4.79 Å². The minimum absolute atomic E-state index is 0.0976. The molecule has 0 heterocycles. The topological polar surface area (TPSA) is 75.6 Å². The zero-order valence-corrected chi connectivity index (χ0v) is 19.2. The van der Waals surface area contributed by atoms with Crippen molar-refractivity contribution in [3.05, 3.63) is 63.6 Å². The molecule has 0 fully saturated rings. The molecule has 0 aromatic heterocycles. The summed E-state index contributed by atoms with van der Waals surface area (Å²) in [6.45, 7) is 4.00. The first kappa shape index (κ1) is 28.9. The third-order valence-electron chi connectivity index (χ3n) is 3.36. The van der Waals surface area contributed by atoms with Gasteiger partial charge in [-0.2, -0.15) is 13.2 Å². The first-order valence-corrected chi connectivity index (χ1v) is 10.0. The van der Waals surface area contributed by atoms with E-state index in [4.69, 9.17) is 27.9 Å². The Morgan fingerprint density at radius 1 is 1.10 bits per heavy atom. The van der Waals surface area contributed by atoms with E-state index >= 15 is 0 Å². The van der Waals surface area contributed by atoms with Gasteiger partial charge in [0.2, 0.25) is 0 Å². The van der Waals surface area contributed by atoms with Gasteiger partial charge in [0.1, 0.15) is 11.8 Å². The number of benzene rings is 2. The molecule has 0 aliphatic rings. The van der Waals surface area contributed by atoms with Crippen LogP contribution in [-0.2, 0) is 16.0 Å². The van der Waals surface area contributed by atoms with Crippen LogP contribution in [0.2, 0.25) is 10.0 Å². The third-order valence-corrected chi connectivity index (χ3v) is 3.99. The second kappa shape index (κ2) is 14.1. The normalized spacial score (nSPS) is 11.1. The molecule has 0 aliphatic carbocycles. The van der Waals surface area contributed by atoms with Gasteiger partial charge < -0.3 is 15.2 Å². The van der Waals surface area contributed by atoms with Crippen molar-refractivity contribution in [3.63, 3.8) is 0 Å². The van der Waals surface area contributed by atoms with Gasteiger partial charge >= 0.3 is 11.5 Å². The van der Waals surface area contributed by atoms with Gasteiger partial charge in [-0.1, -0.05) is 67.9 Å². The maximum Gasteiger partial charge on any atom is 0.438 e. The highest BCUT2D eigenvalue weighted by Gasteiger charge is 2.24. The number of phenolic OH excluding ortho intramolecular Hbond substituents is 1. The fourth-order valence-electron chi connectivity index (χ4n) is 2.15. The van der Waals surface area contributed by atoms with Gasteiger partial charge in [0, 0.05) is 6.42 Å². The minimum Gasteiger partial charge on any atom is -0.508 e. The van der Waals surface area contributed by atoms with Crippen LogP contribution >= 0.6 is 35.8 Å². The Morgan fingerprint density at radius 3 is 1.97 bits per heavy atom. The van der Waals surface area contributed by atoms with Crippen molar-refractivity contribution >= 4 is 47.7 Å². The molecule has 0 saturated heterocycles. The van der Waals surface area contributed by atoms with Crippen molar-refractivity contribution in [1.82, 2.24) is 5.32 Å². The highest BCUT2D eigenvalue weighted by molar-refractivity contribution is 7.81. The molecule has 0 aliphatic heterocycles. The van der Waals surface area contributed by atoms with E-state index in [0.29, 0.717) is 0 Å². The predicted molar refractivity (Wildman–Crippen MR) is 118 cm³/mol. The summed E-state index contributed by atoms with van der Waals surface area (Å²) in [6.07, 6.45) is 0.195. The highest BCUT2D eigenvalue weighted by Crippen LogP contribution is 2.24. The van der Waals surface area contributed by atoms with Gasteiger partial charge in [-0.3, -0.25) is 4.79 Å². The number of hydrogen-bond acceptors (Lipinski definition) is 5. The van der Waals surface area contributed by atoms with Gasteiger partial charge in [-0.15, -0.1) is 0 Å². The molecule has 2 aromatic rings. The lowest BCUT2D eigenvalue weighted by atomic mass is 10.1. The monoisotopic (exact) mass is 499 g/mol. The van der Waals surface area contributed by atoms with Crippen molar-refractivity contribution in [2.75, 3.05) is 7.11 Å². The SMILES string of the molecule is CC.COC(=O)C(Cc1ccc(O)cc1)NC(=O)c1c(Cl)cccc1Cl.FC(F)(F)S. The zero-order valence-electron chi connectivity index (χ0n) is 16.8.